The number of hydrogen-bond donors (Lipinski definition) is 2. The molecule has 4 aromatic rings. The molecular weight excluding hydrogens is 380 g/mol. The lowest BCUT2D eigenvalue weighted by Gasteiger charge is -2.09. The minimum atomic E-state index is -1.21. The first-order valence-electron chi connectivity index (χ1n) is 8.31. The van der Waals surface area contributed by atoms with Gasteiger partial charge in [0.1, 0.15) is 17.2 Å². The minimum Gasteiger partial charge on any atom is -0.489 e. The molecule has 0 amide bonds. The van der Waals surface area contributed by atoms with E-state index in [1.54, 1.807) is 24.3 Å². The van der Waals surface area contributed by atoms with Crippen molar-refractivity contribution in [3.63, 3.8) is 0 Å². The molecule has 0 unspecified atom stereocenters. The van der Waals surface area contributed by atoms with Gasteiger partial charge >= 0.3 is 11.7 Å². The largest absolute Gasteiger partial charge is 0.489 e. The van der Waals surface area contributed by atoms with Crippen LogP contribution in [-0.4, -0.2) is 20.6 Å². The molecule has 2 N–H and O–H groups in total. The van der Waals surface area contributed by atoms with Gasteiger partial charge in [-0.1, -0.05) is 36.4 Å². The maximum atomic E-state index is 12.9. The molecule has 7 nitrogen and oxygen atoms in total. The first-order valence-corrected chi connectivity index (χ1v) is 9.19. The normalized spacial score (nSPS) is 10.9. The number of nitrogens with zero attached hydrogens (tertiary/aromatic N) is 1. The number of aromatic carboxylic acids is 1. The van der Waals surface area contributed by atoms with Crippen LogP contribution in [0.4, 0.5) is 0 Å². The number of aromatic nitrogens is 2. The topological polar surface area (TPSA) is 101 Å². The molecule has 2 aromatic heterocycles. The number of aromatic amines is 1. The Hall–Kier alpha value is -3.65. The maximum absolute atomic E-state index is 12.9. The van der Waals surface area contributed by atoms with E-state index < -0.39 is 17.2 Å². The molecule has 0 fully saturated rings. The molecule has 0 spiro atoms. The Morgan fingerprint density at radius 3 is 2.64 bits per heavy atom. The molecule has 2 heterocycles. The number of ether oxygens (including phenoxy) is 1. The predicted molar refractivity (Wildman–Crippen MR) is 106 cm³/mol. The van der Waals surface area contributed by atoms with Crippen molar-refractivity contribution in [2.75, 3.05) is 0 Å². The molecule has 0 aliphatic carbocycles. The van der Waals surface area contributed by atoms with Crippen LogP contribution in [-0.2, 0) is 6.61 Å². The molecule has 0 radical (unpaired) electrons. The number of nitrogens with one attached hydrogen (secondary N) is 1. The lowest BCUT2D eigenvalue weighted by molar-refractivity contribution is 0.0704. The number of rotatable bonds is 5. The quantitative estimate of drug-likeness (QED) is 0.542. The fourth-order valence-electron chi connectivity index (χ4n) is 2.88. The van der Waals surface area contributed by atoms with Crippen LogP contribution in [0.2, 0.25) is 0 Å². The molecular formula is C20H14N2O5S. The van der Waals surface area contributed by atoms with E-state index in [1.807, 2.05) is 30.3 Å². The summed E-state index contributed by atoms with van der Waals surface area (Å²) in [5, 5.41) is 10.7. The summed E-state index contributed by atoms with van der Waals surface area (Å²) < 4.78 is 6.66. The zero-order valence-electron chi connectivity index (χ0n) is 14.4. The molecule has 2 aromatic carbocycles. The Kier molecular flexibility index (Phi) is 4.54. The van der Waals surface area contributed by atoms with E-state index in [2.05, 4.69) is 4.98 Å². The number of carboxylic acids is 1. The fourth-order valence-corrected chi connectivity index (χ4v) is 3.71. The van der Waals surface area contributed by atoms with Gasteiger partial charge in [0.15, 0.2) is 0 Å². The van der Waals surface area contributed by atoms with Crippen molar-refractivity contribution in [2.45, 2.75) is 6.61 Å². The summed E-state index contributed by atoms with van der Waals surface area (Å²) in [4.78, 5) is 39.2. The van der Waals surface area contributed by atoms with E-state index in [4.69, 9.17) is 4.74 Å². The molecule has 0 saturated heterocycles. The zero-order valence-corrected chi connectivity index (χ0v) is 15.2. The highest BCUT2D eigenvalue weighted by molar-refractivity contribution is 7.13. The van der Waals surface area contributed by atoms with E-state index in [1.165, 1.54) is 5.38 Å². The second-order valence-electron chi connectivity index (χ2n) is 6.00. The molecule has 0 bridgehead atoms. The second kappa shape index (κ2) is 7.16. The smallest absolute Gasteiger partial charge is 0.346 e. The number of H-pyrrole nitrogens is 1. The van der Waals surface area contributed by atoms with Crippen LogP contribution in [0.15, 0.2) is 69.6 Å². The number of carbonyl (C=O) groups is 1. The van der Waals surface area contributed by atoms with Crippen molar-refractivity contribution >= 4 is 28.2 Å². The highest BCUT2D eigenvalue weighted by Gasteiger charge is 2.19. The monoisotopic (exact) mass is 394 g/mol. The van der Waals surface area contributed by atoms with Gasteiger partial charge in [0.05, 0.1) is 16.6 Å². The first kappa shape index (κ1) is 17.7. The van der Waals surface area contributed by atoms with Crippen LogP contribution >= 0.6 is 11.3 Å². The minimum absolute atomic E-state index is 0.0206. The van der Waals surface area contributed by atoms with Crippen LogP contribution in [0, 0.1) is 0 Å². The van der Waals surface area contributed by atoms with Gasteiger partial charge in [0.2, 0.25) is 0 Å². The average Bonchev–Trinajstić information content (AvgIpc) is 3.12. The lowest BCUT2D eigenvalue weighted by atomic mass is 10.2. The Labute approximate surface area is 162 Å². The summed E-state index contributed by atoms with van der Waals surface area (Å²) in [7, 11) is 0. The van der Waals surface area contributed by atoms with Crippen LogP contribution in [0.25, 0.3) is 16.6 Å². The summed E-state index contributed by atoms with van der Waals surface area (Å²) in [6.07, 6.45) is 0. The molecule has 8 heteroatoms. The van der Waals surface area contributed by atoms with Gasteiger partial charge in [0.25, 0.3) is 5.56 Å². The molecule has 0 aliphatic rings. The van der Waals surface area contributed by atoms with Crippen molar-refractivity contribution in [3.8, 4) is 11.4 Å². The van der Waals surface area contributed by atoms with E-state index >= 15 is 0 Å². The molecule has 140 valence electrons. The van der Waals surface area contributed by atoms with Gasteiger partial charge in [-0.3, -0.25) is 4.79 Å². The molecule has 0 atom stereocenters. The van der Waals surface area contributed by atoms with Crippen molar-refractivity contribution in [1.29, 1.82) is 0 Å². The summed E-state index contributed by atoms with van der Waals surface area (Å²) >= 11 is 0.899. The fraction of sp³-hybridized carbons (Fsp3) is 0.0500. The van der Waals surface area contributed by atoms with E-state index in [0.717, 1.165) is 21.5 Å². The molecule has 0 aliphatic heterocycles. The van der Waals surface area contributed by atoms with Crippen molar-refractivity contribution in [2.24, 2.45) is 0 Å². The maximum Gasteiger partial charge on any atom is 0.346 e. The summed E-state index contributed by atoms with van der Waals surface area (Å²) in [6, 6.07) is 16.1. The second-order valence-corrected chi connectivity index (χ2v) is 6.88. The van der Waals surface area contributed by atoms with E-state index in [0.29, 0.717) is 18.0 Å². The van der Waals surface area contributed by atoms with Crippen LogP contribution < -0.4 is 16.0 Å². The van der Waals surface area contributed by atoms with Crippen LogP contribution in [0.5, 0.6) is 5.75 Å². The summed E-state index contributed by atoms with van der Waals surface area (Å²) in [6.45, 7) is 0.336. The third-order valence-corrected chi connectivity index (χ3v) is 5.14. The van der Waals surface area contributed by atoms with Crippen molar-refractivity contribution < 1.29 is 14.6 Å². The van der Waals surface area contributed by atoms with Gasteiger partial charge in [-0.05, 0) is 17.7 Å². The number of fused-ring (bicyclic) bond motifs is 1. The number of thiophene rings is 1. The van der Waals surface area contributed by atoms with Gasteiger partial charge in [-0.25, -0.2) is 14.2 Å². The highest BCUT2D eigenvalue weighted by Crippen LogP contribution is 2.21. The third-order valence-electron chi connectivity index (χ3n) is 4.17. The highest BCUT2D eigenvalue weighted by atomic mass is 32.1. The number of hydrogen-bond acceptors (Lipinski definition) is 5. The Morgan fingerprint density at radius 1 is 1.11 bits per heavy atom. The SMILES string of the molecule is O=C(O)c1scc2[nH]c(=O)n(-c3cccc(OCc4ccccc4)c3)c(=O)c12. The standard InChI is InChI=1S/C20H14N2O5S/c23-18-16-15(11-28-17(16)19(24)25)21-20(26)22(18)13-7-4-8-14(9-13)27-10-12-5-2-1-3-6-12/h1-9,11H,10H2,(H,21,26)(H,24,25). The van der Waals surface area contributed by atoms with Gasteiger partial charge in [0, 0.05) is 11.4 Å². The Morgan fingerprint density at radius 2 is 1.89 bits per heavy atom. The third kappa shape index (κ3) is 3.21. The predicted octanol–water partition coefficient (Wildman–Crippen LogP) is 3.02. The Balaban J connectivity index is 1.76. The number of carboxylic acid groups (broad SMARTS) is 1. The number of benzene rings is 2. The first-order chi connectivity index (χ1) is 13.5. The lowest BCUT2D eigenvalue weighted by Crippen LogP contribution is -2.33. The van der Waals surface area contributed by atoms with Gasteiger partial charge in [-0.15, -0.1) is 11.3 Å². The molecule has 4 rings (SSSR count). The molecule has 0 saturated carbocycles. The average molecular weight is 394 g/mol. The van der Waals surface area contributed by atoms with Crippen LogP contribution in [0.3, 0.4) is 0 Å². The summed E-state index contributed by atoms with van der Waals surface area (Å²) in [5.41, 5.74) is 0.158. The zero-order chi connectivity index (χ0) is 19.7. The van der Waals surface area contributed by atoms with Gasteiger partial charge in [-0.2, -0.15) is 0 Å². The van der Waals surface area contributed by atoms with E-state index in [-0.39, 0.29) is 15.8 Å². The van der Waals surface area contributed by atoms with Crippen LogP contribution in [0.1, 0.15) is 15.2 Å². The van der Waals surface area contributed by atoms with E-state index in [9.17, 15) is 19.5 Å². The van der Waals surface area contributed by atoms with Gasteiger partial charge < -0.3 is 14.8 Å². The summed E-state index contributed by atoms with van der Waals surface area (Å²) in [5.74, 6) is -0.729. The van der Waals surface area contributed by atoms with Crippen molar-refractivity contribution in [1.82, 2.24) is 9.55 Å². The molecule has 28 heavy (non-hydrogen) atoms. The Bertz CT molecular complexity index is 1290. The van der Waals surface area contributed by atoms with Crippen molar-refractivity contribution in [3.05, 3.63) is 91.3 Å².